The van der Waals surface area contributed by atoms with Crippen LogP contribution in [0, 0.1) is 0 Å². The molecule has 21 heavy (non-hydrogen) atoms. The van der Waals surface area contributed by atoms with Gasteiger partial charge in [0.1, 0.15) is 0 Å². The average molecular weight is 431 g/mol. The van der Waals surface area contributed by atoms with Gasteiger partial charge in [0.25, 0.3) is 0 Å². The van der Waals surface area contributed by atoms with Crippen molar-refractivity contribution >= 4 is 43.2 Å². The summed E-state index contributed by atoms with van der Waals surface area (Å²) in [4.78, 5) is 1.35. The minimum Gasteiger partial charge on any atom is -0.306 e. The van der Waals surface area contributed by atoms with E-state index >= 15 is 0 Å². The highest BCUT2D eigenvalue weighted by Gasteiger charge is 2.19. The van der Waals surface area contributed by atoms with Gasteiger partial charge in [-0.1, -0.05) is 39.0 Å². The molecule has 0 fully saturated rings. The first-order valence-corrected chi connectivity index (χ1v) is 9.80. The maximum absolute atomic E-state index is 3.65. The number of benzene rings is 1. The average Bonchev–Trinajstić information content (AvgIpc) is 2.83. The lowest BCUT2D eigenvalue weighted by Crippen LogP contribution is -2.22. The second kappa shape index (κ2) is 7.91. The van der Waals surface area contributed by atoms with Gasteiger partial charge in [0.05, 0.1) is 9.83 Å². The Morgan fingerprint density at radius 3 is 2.38 bits per heavy atom. The van der Waals surface area contributed by atoms with Gasteiger partial charge in [0.2, 0.25) is 0 Å². The van der Waals surface area contributed by atoms with Crippen LogP contribution in [0.15, 0.2) is 32.5 Å². The van der Waals surface area contributed by atoms with Gasteiger partial charge in [-0.3, -0.25) is 0 Å². The van der Waals surface area contributed by atoms with E-state index in [0.717, 1.165) is 27.6 Å². The van der Waals surface area contributed by atoms with Crippen molar-refractivity contribution in [3.63, 3.8) is 0 Å². The molecule has 0 amide bonds. The van der Waals surface area contributed by atoms with Crippen molar-refractivity contribution in [1.82, 2.24) is 5.32 Å². The summed E-state index contributed by atoms with van der Waals surface area (Å²) in [5.41, 5.74) is 4.25. The summed E-state index contributed by atoms with van der Waals surface area (Å²) in [6.45, 7) is 7.57. The summed E-state index contributed by atoms with van der Waals surface area (Å²) < 4.78 is 2.29. The molecule has 0 aliphatic carbocycles. The second-order valence-electron chi connectivity index (χ2n) is 5.00. The Bertz CT molecular complexity index is 587. The van der Waals surface area contributed by atoms with E-state index in [1.54, 1.807) is 11.3 Å². The van der Waals surface area contributed by atoms with Crippen LogP contribution in [-0.2, 0) is 12.8 Å². The third-order valence-electron chi connectivity index (χ3n) is 3.67. The van der Waals surface area contributed by atoms with Crippen LogP contribution in [0.2, 0.25) is 0 Å². The Kier molecular flexibility index (Phi) is 6.48. The van der Waals surface area contributed by atoms with Gasteiger partial charge < -0.3 is 5.32 Å². The first-order chi connectivity index (χ1) is 10.1. The fraction of sp³-hybridized carbons (Fsp3) is 0.412. The topological polar surface area (TPSA) is 12.0 Å². The monoisotopic (exact) mass is 429 g/mol. The van der Waals surface area contributed by atoms with Crippen molar-refractivity contribution in [1.29, 1.82) is 0 Å². The zero-order valence-corrected chi connectivity index (χ0v) is 16.7. The van der Waals surface area contributed by atoms with E-state index in [9.17, 15) is 0 Å². The number of hydrogen-bond acceptors (Lipinski definition) is 2. The molecule has 1 unspecified atom stereocenters. The molecular weight excluding hydrogens is 410 g/mol. The minimum atomic E-state index is 0.268. The number of rotatable bonds is 6. The molecule has 0 radical (unpaired) electrons. The third kappa shape index (κ3) is 3.98. The third-order valence-corrected chi connectivity index (χ3v) is 6.99. The van der Waals surface area contributed by atoms with Crippen molar-refractivity contribution in [3.05, 3.63) is 54.1 Å². The Morgan fingerprint density at radius 2 is 1.86 bits per heavy atom. The van der Waals surface area contributed by atoms with Gasteiger partial charge in [0, 0.05) is 9.35 Å². The van der Waals surface area contributed by atoms with Gasteiger partial charge in [-0.05, 0) is 74.0 Å². The minimum absolute atomic E-state index is 0.268. The van der Waals surface area contributed by atoms with E-state index in [-0.39, 0.29) is 6.04 Å². The lowest BCUT2D eigenvalue weighted by atomic mass is 9.94. The van der Waals surface area contributed by atoms with Gasteiger partial charge >= 0.3 is 0 Å². The van der Waals surface area contributed by atoms with Crippen LogP contribution in [0.1, 0.15) is 48.4 Å². The highest BCUT2D eigenvalue weighted by Crippen LogP contribution is 2.38. The quantitative estimate of drug-likeness (QED) is 0.583. The van der Waals surface area contributed by atoms with Crippen LogP contribution in [0.5, 0.6) is 0 Å². The molecule has 2 aromatic rings. The van der Waals surface area contributed by atoms with Crippen molar-refractivity contribution in [3.8, 4) is 0 Å². The van der Waals surface area contributed by atoms with Crippen molar-refractivity contribution in [2.24, 2.45) is 0 Å². The van der Waals surface area contributed by atoms with Gasteiger partial charge in [-0.15, -0.1) is 11.3 Å². The van der Waals surface area contributed by atoms with Crippen molar-refractivity contribution in [2.45, 2.75) is 39.7 Å². The standard InChI is InChI=1S/C17H21Br2NS/c1-4-11-7-8-12(5-2)13(9-11)16(20-6-3)15-10-14(18)17(19)21-15/h7-10,16,20H,4-6H2,1-3H3. The molecule has 0 bridgehead atoms. The molecule has 0 saturated carbocycles. The van der Waals surface area contributed by atoms with E-state index in [4.69, 9.17) is 0 Å². The van der Waals surface area contributed by atoms with E-state index in [1.807, 2.05) is 0 Å². The van der Waals surface area contributed by atoms with Gasteiger partial charge in [-0.2, -0.15) is 0 Å². The maximum atomic E-state index is 3.65. The molecule has 1 aromatic carbocycles. The Balaban J connectivity index is 2.51. The first kappa shape index (κ1) is 17.2. The molecule has 0 aliphatic heterocycles. The fourth-order valence-electron chi connectivity index (χ4n) is 2.53. The van der Waals surface area contributed by atoms with Gasteiger partial charge in [0.15, 0.2) is 0 Å². The van der Waals surface area contributed by atoms with E-state index in [1.165, 1.54) is 21.6 Å². The predicted molar refractivity (Wildman–Crippen MR) is 100 cm³/mol. The highest BCUT2D eigenvalue weighted by molar-refractivity contribution is 9.13. The smallest absolute Gasteiger partial charge is 0.0843 e. The fourth-order valence-corrected chi connectivity index (χ4v) is 4.71. The van der Waals surface area contributed by atoms with Crippen LogP contribution in [0.3, 0.4) is 0 Å². The summed E-state index contributed by atoms with van der Waals surface area (Å²) in [7, 11) is 0. The van der Waals surface area contributed by atoms with Crippen LogP contribution in [0.25, 0.3) is 0 Å². The molecule has 0 saturated heterocycles. The number of hydrogen-bond donors (Lipinski definition) is 1. The van der Waals surface area contributed by atoms with Crippen LogP contribution < -0.4 is 5.32 Å². The lowest BCUT2D eigenvalue weighted by molar-refractivity contribution is 0.633. The first-order valence-electron chi connectivity index (χ1n) is 7.40. The molecule has 114 valence electrons. The Morgan fingerprint density at radius 1 is 1.10 bits per heavy atom. The molecule has 1 heterocycles. The Hall–Kier alpha value is -0.160. The number of nitrogens with one attached hydrogen (secondary N) is 1. The molecule has 1 aromatic heterocycles. The molecular formula is C17H21Br2NS. The second-order valence-corrected chi connectivity index (χ2v) is 8.26. The summed E-state index contributed by atoms with van der Waals surface area (Å²) >= 11 is 9.02. The molecule has 0 aliphatic rings. The van der Waals surface area contributed by atoms with Crippen molar-refractivity contribution in [2.75, 3.05) is 6.54 Å². The van der Waals surface area contributed by atoms with Crippen molar-refractivity contribution < 1.29 is 0 Å². The molecule has 1 atom stereocenters. The normalized spacial score (nSPS) is 12.6. The largest absolute Gasteiger partial charge is 0.306 e. The van der Waals surface area contributed by atoms with Crippen LogP contribution in [0.4, 0.5) is 0 Å². The molecule has 4 heteroatoms. The van der Waals surface area contributed by atoms with Gasteiger partial charge in [-0.25, -0.2) is 0 Å². The summed E-state index contributed by atoms with van der Waals surface area (Å²) in [5, 5.41) is 3.65. The van der Waals surface area contributed by atoms with Crippen LogP contribution >= 0.6 is 43.2 Å². The summed E-state index contributed by atoms with van der Waals surface area (Å²) in [6, 6.07) is 9.40. The van der Waals surface area contributed by atoms with E-state index < -0.39 is 0 Å². The van der Waals surface area contributed by atoms with Crippen LogP contribution in [-0.4, -0.2) is 6.54 Å². The summed E-state index contributed by atoms with van der Waals surface area (Å²) in [6.07, 6.45) is 2.14. The molecule has 1 nitrogen and oxygen atoms in total. The van der Waals surface area contributed by atoms with E-state index in [0.29, 0.717) is 0 Å². The highest BCUT2D eigenvalue weighted by atomic mass is 79.9. The number of thiophene rings is 1. The maximum Gasteiger partial charge on any atom is 0.0843 e. The zero-order valence-electron chi connectivity index (χ0n) is 12.7. The SMILES string of the molecule is CCNC(c1cc(Br)c(Br)s1)c1cc(CC)ccc1CC. The number of halogens is 2. The predicted octanol–water partition coefficient (Wildman–Crippen LogP) is 6.10. The lowest BCUT2D eigenvalue weighted by Gasteiger charge is -2.21. The number of aryl methyl sites for hydroxylation is 2. The Labute approximate surface area is 148 Å². The molecule has 1 N–H and O–H groups in total. The molecule has 2 rings (SSSR count). The zero-order chi connectivity index (χ0) is 15.4. The summed E-state index contributed by atoms with van der Waals surface area (Å²) in [5.74, 6) is 0. The van der Waals surface area contributed by atoms with E-state index in [2.05, 4.69) is 82.2 Å². The molecule has 0 spiro atoms.